The summed E-state index contributed by atoms with van der Waals surface area (Å²) in [6, 6.07) is 0. The van der Waals surface area contributed by atoms with E-state index in [0.717, 1.165) is 32.1 Å². The van der Waals surface area contributed by atoms with Gasteiger partial charge in [0.15, 0.2) is 0 Å². The molecule has 0 radical (unpaired) electrons. The Morgan fingerprint density at radius 1 is 0.970 bits per heavy atom. The van der Waals surface area contributed by atoms with Crippen molar-refractivity contribution < 1.29 is 19.8 Å². The molecule has 33 heavy (non-hydrogen) atoms. The Morgan fingerprint density at radius 2 is 1.64 bits per heavy atom. The lowest BCUT2D eigenvalue weighted by Crippen LogP contribution is -2.58. The third-order valence-electron chi connectivity index (χ3n) is 11.1. The van der Waals surface area contributed by atoms with E-state index in [1.807, 2.05) is 6.92 Å². The van der Waals surface area contributed by atoms with Crippen molar-refractivity contribution in [2.45, 2.75) is 105 Å². The van der Waals surface area contributed by atoms with Gasteiger partial charge in [-0.3, -0.25) is 9.59 Å². The van der Waals surface area contributed by atoms with Crippen LogP contribution in [0.4, 0.5) is 0 Å². The van der Waals surface area contributed by atoms with Gasteiger partial charge in [-0.1, -0.05) is 27.7 Å². The van der Waals surface area contributed by atoms with Gasteiger partial charge in [-0.2, -0.15) is 0 Å². The molecule has 5 heteroatoms. The van der Waals surface area contributed by atoms with E-state index >= 15 is 0 Å². The maximum atomic E-state index is 12.5. The number of Topliss-reactive ketones (excluding diaryl/α,β-unsaturated/α-hetero) is 1. The van der Waals surface area contributed by atoms with Crippen LogP contribution >= 0.6 is 0 Å². The minimum absolute atomic E-state index is 0.0124. The fourth-order valence-corrected chi connectivity index (χ4v) is 9.39. The minimum atomic E-state index is -0.242. The van der Waals surface area contributed by atoms with E-state index in [2.05, 4.69) is 26.1 Å². The van der Waals surface area contributed by atoms with Gasteiger partial charge in [0.1, 0.15) is 5.78 Å². The molecule has 188 valence electrons. The van der Waals surface area contributed by atoms with E-state index in [0.29, 0.717) is 35.5 Å². The Balaban J connectivity index is 1.46. The molecule has 4 aliphatic carbocycles. The Bertz CT molecular complexity index is 754. The molecule has 0 aromatic carbocycles. The first-order chi connectivity index (χ1) is 15.5. The number of hydrogen-bond donors (Lipinski definition) is 3. The lowest BCUT2D eigenvalue weighted by atomic mass is 9.43. The monoisotopic (exact) mass is 461 g/mol. The van der Waals surface area contributed by atoms with Gasteiger partial charge in [0.2, 0.25) is 5.91 Å². The minimum Gasteiger partial charge on any atom is -0.393 e. The van der Waals surface area contributed by atoms with Crippen LogP contribution < -0.4 is 5.32 Å². The van der Waals surface area contributed by atoms with Gasteiger partial charge in [-0.05, 0) is 111 Å². The number of aliphatic hydroxyl groups is 2. The standard InChI is InChI=1S/C28H47NO4/c1-16(12-17(2)26(33)29-15-18(3)30)21-6-7-22-25-23(9-11-28(21,22)5)27(4)10-8-20(31)13-19(27)14-24(25)32/h16-17,19-25,31-32H,6-15H2,1-5H3,(H,29,33)/t16-,17+,19?,20-,21-,22?,23?,24+,25?,27+,28-/m1/s1. The van der Waals surface area contributed by atoms with Gasteiger partial charge < -0.3 is 15.5 Å². The molecular formula is C28H47NO4. The van der Waals surface area contributed by atoms with Gasteiger partial charge in [-0.15, -0.1) is 0 Å². The SMILES string of the molecule is CC(=O)CNC(=O)[C@@H](C)C[C@@H](C)[C@H]1CCC2C3C(CC[C@@]21C)[C@@]1(C)CC[C@@H](O)CC1C[C@@H]3O. The van der Waals surface area contributed by atoms with Gasteiger partial charge >= 0.3 is 0 Å². The van der Waals surface area contributed by atoms with Crippen molar-refractivity contribution in [2.24, 2.45) is 52.3 Å². The Morgan fingerprint density at radius 3 is 2.33 bits per heavy atom. The van der Waals surface area contributed by atoms with Crippen molar-refractivity contribution in [3.63, 3.8) is 0 Å². The third-order valence-corrected chi connectivity index (χ3v) is 11.1. The zero-order valence-electron chi connectivity index (χ0n) is 21.5. The number of carbonyl (C=O) groups is 2. The Kier molecular flexibility index (Phi) is 7.06. The van der Waals surface area contributed by atoms with Crippen LogP contribution in [0.2, 0.25) is 0 Å². The van der Waals surface area contributed by atoms with Crippen LogP contribution in [0.25, 0.3) is 0 Å². The highest BCUT2D eigenvalue weighted by Gasteiger charge is 2.62. The maximum Gasteiger partial charge on any atom is 0.223 e. The van der Waals surface area contributed by atoms with E-state index in [1.165, 1.54) is 32.6 Å². The molecular weight excluding hydrogens is 414 g/mol. The number of fused-ring (bicyclic) bond motifs is 5. The molecule has 4 rings (SSSR count). The zero-order valence-corrected chi connectivity index (χ0v) is 21.5. The second-order valence-corrected chi connectivity index (χ2v) is 13.0. The van der Waals surface area contributed by atoms with Crippen LogP contribution in [-0.2, 0) is 9.59 Å². The molecule has 0 bridgehead atoms. The molecule has 5 nitrogen and oxygen atoms in total. The molecule has 0 spiro atoms. The summed E-state index contributed by atoms with van der Waals surface area (Å²) in [6.45, 7) is 10.9. The van der Waals surface area contributed by atoms with Gasteiger partial charge in [0.25, 0.3) is 0 Å². The molecule has 0 heterocycles. The molecule has 0 aliphatic heterocycles. The number of ketones is 1. The van der Waals surface area contributed by atoms with Crippen LogP contribution in [0.15, 0.2) is 0 Å². The summed E-state index contributed by atoms with van der Waals surface area (Å²) in [5, 5.41) is 24.4. The molecule has 0 aromatic heterocycles. The van der Waals surface area contributed by atoms with E-state index in [9.17, 15) is 19.8 Å². The number of amides is 1. The van der Waals surface area contributed by atoms with Crippen LogP contribution in [0.3, 0.4) is 0 Å². The van der Waals surface area contributed by atoms with Crippen LogP contribution in [0.5, 0.6) is 0 Å². The highest BCUT2D eigenvalue weighted by Crippen LogP contribution is 2.68. The van der Waals surface area contributed by atoms with Gasteiger partial charge in [0.05, 0.1) is 18.8 Å². The van der Waals surface area contributed by atoms with Crippen molar-refractivity contribution in [2.75, 3.05) is 6.54 Å². The third kappa shape index (κ3) is 4.42. The Hall–Kier alpha value is -0.940. The Labute approximate surface area is 200 Å². The largest absolute Gasteiger partial charge is 0.393 e. The normalized spacial score (nSPS) is 46.5. The number of nitrogens with one attached hydrogen (secondary N) is 1. The first kappa shape index (κ1) is 25.2. The molecule has 3 N–H and O–H groups in total. The average Bonchev–Trinajstić information content (AvgIpc) is 3.10. The summed E-state index contributed by atoms with van der Waals surface area (Å²) in [5.41, 5.74) is 0.492. The number of carbonyl (C=O) groups excluding carboxylic acids is 2. The summed E-state index contributed by atoms with van der Waals surface area (Å²) in [4.78, 5) is 23.7. The van der Waals surface area contributed by atoms with Crippen LogP contribution in [0, 0.1) is 52.3 Å². The predicted octanol–water partition coefficient (Wildman–Crippen LogP) is 4.34. The van der Waals surface area contributed by atoms with Crippen molar-refractivity contribution in [1.82, 2.24) is 5.32 Å². The molecule has 4 saturated carbocycles. The van der Waals surface area contributed by atoms with Crippen molar-refractivity contribution in [1.29, 1.82) is 0 Å². The lowest BCUT2D eigenvalue weighted by molar-refractivity contribution is -0.174. The first-order valence-corrected chi connectivity index (χ1v) is 13.6. The van der Waals surface area contributed by atoms with E-state index in [1.54, 1.807) is 0 Å². The van der Waals surface area contributed by atoms with E-state index in [4.69, 9.17) is 0 Å². The van der Waals surface area contributed by atoms with Crippen molar-refractivity contribution >= 4 is 11.7 Å². The second-order valence-electron chi connectivity index (χ2n) is 13.0. The fourth-order valence-electron chi connectivity index (χ4n) is 9.39. The molecule has 4 unspecified atom stereocenters. The van der Waals surface area contributed by atoms with Crippen molar-refractivity contribution in [3.05, 3.63) is 0 Å². The molecule has 4 aliphatic rings. The predicted molar refractivity (Wildman–Crippen MR) is 129 cm³/mol. The summed E-state index contributed by atoms with van der Waals surface area (Å²) in [6.07, 6.45) is 8.95. The molecule has 11 atom stereocenters. The first-order valence-electron chi connectivity index (χ1n) is 13.6. The zero-order chi connectivity index (χ0) is 24.1. The molecule has 4 fully saturated rings. The number of aliphatic hydroxyl groups excluding tert-OH is 2. The highest BCUT2D eigenvalue weighted by molar-refractivity contribution is 5.85. The topological polar surface area (TPSA) is 86.6 Å². The average molecular weight is 462 g/mol. The summed E-state index contributed by atoms with van der Waals surface area (Å²) in [7, 11) is 0. The lowest BCUT2D eigenvalue weighted by Gasteiger charge is -2.62. The summed E-state index contributed by atoms with van der Waals surface area (Å²) in [5.74, 6) is 2.88. The fraction of sp³-hybridized carbons (Fsp3) is 0.929. The van der Waals surface area contributed by atoms with E-state index in [-0.39, 0.29) is 47.2 Å². The van der Waals surface area contributed by atoms with Crippen molar-refractivity contribution in [3.8, 4) is 0 Å². The molecule has 0 aromatic rings. The van der Waals surface area contributed by atoms with E-state index < -0.39 is 0 Å². The number of hydrogen-bond acceptors (Lipinski definition) is 4. The highest BCUT2D eigenvalue weighted by atomic mass is 16.3. The van der Waals surface area contributed by atoms with Crippen LogP contribution in [-0.4, -0.2) is 40.7 Å². The molecule has 0 saturated heterocycles. The maximum absolute atomic E-state index is 12.5. The van der Waals surface area contributed by atoms with Crippen LogP contribution in [0.1, 0.15) is 92.4 Å². The number of rotatable bonds is 6. The van der Waals surface area contributed by atoms with Gasteiger partial charge in [-0.25, -0.2) is 0 Å². The smallest absolute Gasteiger partial charge is 0.223 e. The quantitative estimate of drug-likeness (QED) is 0.549. The summed E-state index contributed by atoms with van der Waals surface area (Å²) < 4.78 is 0. The van der Waals surface area contributed by atoms with Gasteiger partial charge in [0, 0.05) is 5.92 Å². The molecule has 1 amide bonds. The summed E-state index contributed by atoms with van der Waals surface area (Å²) >= 11 is 0. The second kappa shape index (κ2) is 9.26.